The molecule has 3 heterocycles. The lowest BCUT2D eigenvalue weighted by atomic mass is 10.1. The highest BCUT2D eigenvalue weighted by atomic mass is 32.1. The molecule has 0 saturated carbocycles. The predicted octanol–water partition coefficient (Wildman–Crippen LogP) is 6.02. The number of hydrogen-bond acceptors (Lipinski definition) is 3. The van der Waals surface area contributed by atoms with Crippen molar-refractivity contribution in [3.63, 3.8) is 0 Å². The number of aromatic amines is 1. The van der Waals surface area contributed by atoms with Gasteiger partial charge < -0.3 is 4.98 Å². The van der Waals surface area contributed by atoms with Gasteiger partial charge in [0.2, 0.25) is 0 Å². The van der Waals surface area contributed by atoms with E-state index >= 15 is 0 Å². The Labute approximate surface area is 155 Å². The molecule has 2 aromatic carbocycles. The minimum atomic E-state index is 0.984. The van der Waals surface area contributed by atoms with E-state index in [0.717, 1.165) is 27.3 Å². The van der Waals surface area contributed by atoms with Crippen LogP contribution in [0.4, 0.5) is 0 Å². The summed E-state index contributed by atoms with van der Waals surface area (Å²) in [5.74, 6) is 0. The number of nitrogens with zero attached hydrogens (tertiary/aromatic N) is 2. The highest BCUT2D eigenvalue weighted by Gasteiger charge is 2.18. The zero-order valence-corrected chi connectivity index (χ0v) is 14.7. The molecule has 1 N–H and O–H groups in total. The maximum Gasteiger partial charge on any atom is 0.126 e. The molecule has 0 aliphatic heterocycles. The summed E-state index contributed by atoms with van der Waals surface area (Å²) < 4.78 is 0. The van der Waals surface area contributed by atoms with Crippen LogP contribution in [0.3, 0.4) is 0 Å². The third-order valence-corrected chi connectivity index (χ3v) is 5.57. The van der Waals surface area contributed by atoms with Crippen LogP contribution < -0.4 is 0 Å². The van der Waals surface area contributed by atoms with Gasteiger partial charge >= 0.3 is 0 Å². The molecular weight excluding hydrogens is 338 g/mol. The standard InChI is InChI=1S/C22H15N3S/c1-2-7-15(8-3-1)21-20(18-14-24-19-11-5-4-10-17(18)19)25-22(26-21)16-9-6-12-23-13-16/h1-14,24H. The van der Waals surface area contributed by atoms with Crippen molar-refractivity contribution in [2.75, 3.05) is 0 Å². The lowest BCUT2D eigenvalue weighted by Crippen LogP contribution is -1.82. The van der Waals surface area contributed by atoms with Crippen LogP contribution >= 0.6 is 11.3 Å². The second-order valence-electron chi connectivity index (χ2n) is 6.05. The molecule has 0 aliphatic carbocycles. The summed E-state index contributed by atoms with van der Waals surface area (Å²) in [6, 6.07) is 22.8. The van der Waals surface area contributed by atoms with E-state index in [2.05, 4.69) is 64.7 Å². The number of pyridine rings is 1. The first kappa shape index (κ1) is 15.0. The average molecular weight is 353 g/mol. The maximum absolute atomic E-state index is 5.01. The van der Waals surface area contributed by atoms with Gasteiger partial charge in [-0.3, -0.25) is 4.98 Å². The molecule has 4 heteroatoms. The number of rotatable bonds is 3. The van der Waals surface area contributed by atoms with E-state index in [9.17, 15) is 0 Å². The van der Waals surface area contributed by atoms with Crippen LogP contribution in [0.15, 0.2) is 85.3 Å². The SMILES string of the molecule is c1ccc(-c2sc(-c3cccnc3)nc2-c2c[nH]c3ccccc23)cc1. The van der Waals surface area contributed by atoms with Crippen LogP contribution in [0.25, 0.3) is 43.2 Å². The molecule has 0 fully saturated rings. The molecule has 0 aliphatic rings. The highest BCUT2D eigenvalue weighted by Crippen LogP contribution is 2.42. The fraction of sp³-hybridized carbons (Fsp3) is 0. The smallest absolute Gasteiger partial charge is 0.126 e. The molecule has 5 rings (SSSR count). The summed E-state index contributed by atoms with van der Waals surface area (Å²) in [5, 5.41) is 2.17. The van der Waals surface area contributed by atoms with Crippen molar-refractivity contribution in [1.82, 2.24) is 15.0 Å². The van der Waals surface area contributed by atoms with E-state index in [1.807, 2.05) is 24.4 Å². The van der Waals surface area contributed by atoms with Crippen molar-refractivity contribution >= 4 is 22.2 Å². The lowest BCUT2D eigenvalue weighted by molar-refractivity contribution is 1.31. The molecule has 124 valence electrons. The summed E-state index contributed by atoms with van der Waals surface area (Å²) in [6.45, 7) is 0. The Morgan fingerprint density at radius 3 is 2.46 bits per heavy atom. The maximum atomic E-state index is 5.01. The number of aromatic nitrogens is 3. The Kier molecular flexibility index (Phi) is 3.61. The van der Waals surface area contributed by atoms with Crippen molar-refractivity contribution in [3.8, 4) is 32.3 Å². The molecule has 0 saturated heterocycles. The number of fused-ring (bicyclic) bond motifs is 1. The summed E-state index contributed by atoms with van der Waals surface area (Å²) in [7, 11) is 0. The third-order valence-electron chi connectivity index (χ3n) is 4.42. The van der Waals surface area contributed by atoms with Crippen molar-refractivity contribution in [2.24, 2.45) is 0 Å². The van der Waals surface area contributed by atoms with Crippen molar-refractivity contribution in [1.29, 1.82) is 0 Å². The number of hydrogen-bond donors (Lipinski definition) is 1. The molecule has 0 radical (unpaired) electrons. The van der Waals surface area contributed by atoms with Crippen LogP contribution in [-0.2, 0) is 0 Å². The van der Waals surface area contributed by atoms with Gasteiger partial charge in [-0.1, -0.05) is 48.5 Å². The predicted molar refractivity (Wildman–Crippen MR) is 108 cm³/mol. The molecule has 0 atom stereocenters. The number of benzene rings is 2. The quantitative estimate of drug-likeness (QED) is 0.431. The monoisotopic (exact) mass is 353 g/mol. The zero-order chi connectivity index (χ0) is 17.3. The molecule has 0 unspecified atom stereocenters. The van der Waals surface area contributed by atoms with E-state index in [-0.39, 0.29) is 0 Å². The normalized spacial score (nSPS) is 11.1. The Hall–Kier alpha value is -3.24. The van der Waals surface area contributed by atoms with Gasteiger partial charge in [0, 0.05) is 40.6 Å². The Bertz CT molecular complexity index is 1170. The summed E-state index contributed by atoms with van der Waals surface area (Å²) in [4.78, 5) is 13.8. The molecule has 3 aromatic heterocycles. The van der Waals surface area contributed by atoms with Crippen molar-refractivity contribution in [2.45, 2.75) is 0 Å². The summed E-state index contributed by atoms with van der Waals surface area (Å²) in [6.07, 6.45) is 5.71. The van der Waals surface area contributed by atoms with Crippen LogP contribution in [0.5, 0.6) is 0 Å². The lowest BCUT2D eigenvalue weighted by Gasteiger charge is -2.01. The van der Waals surface area contributed by atoms with Gasteiger partial charge in [-0.05, 0) is 23.8 Å². The highest BCUT2D eigenvalue weighted by molar-refractivity contribution is 7.19. The van der Waals surface area contributed by atoms with E-state index in [4.69, 9.17) is 4.98 Å². The molecule has 3 nitrogen and oxygen atoms in total. The largest absolute Gasteiger partial charge is 0.360 e. The van der Waals surface area contributed by atoms with Gasteiger partial charge in [-0.2, -0.15) is 0 Å². The third kappa shape index (κ3) is 2.52. The van der Waals surface area contributed by atoms with Crippen molar-refractivity contribution < 1.29 is 0 Å². The first-order chi connectivity index (χ1) is 12.9. The molecule has 5 aromatic rings. The van der Waals surface area contributed by atoms with Crippen LogP contribution in [0.2, 0.25) is 0 Å². The van der Waals surface area contributed by atoms with Gasteiger partial charge in [0.05, 0.1) is 10.6 Å². The minimum absolute atomic E-state index is 0.984. The molecular formula is C22H15N3S. The molecule has 0 spiro atoms. The fourth-order valence-corrected chi connectivity index (χ4v) is 4.24. The summed E-state index contributed by atoms with van der Waals surface area (Å²) >= 11 is 1.71. The van der Waals surface area contributed by atoms with Crippen molar-refractivity contribution in [3.05, 3.63) is 85.3 Å². The first-order valence-corrected chi connectivity index (χ1v) is 9.25. The van der Waals surface area contributed by atoms with Crippen LogP contribution in [0.1, 0.15) is 0 Å². The number of nitrogens with one attached hydrogen (secondary N) is 1. The van der Waals surface area contributed by atoms with Gasteiger partial charge in [-0.25, -0.2) is 4.98 Å². The number of para-hydroxylation sites is 1. The van der Waals surface area contributed by atoms with Crippen LogP contribution in [-0.4, -0.2) is 15.0 Å². The van der Waals surface area contributed by atoms with Gasteiger partial charge in [-0.15, -0.1) is 11.3 Å². The molecule has 0 bridgehead atoms. The Balaban J connectivity index is 1.77. The second kappa shape index (κ2) is 6.24. The van der Waals surface area contributed by atoms with Gasteiger partial charge in [0.25, 0.3) is 0 Å². The van der Waals surface area contributed by atoms with E-state index in [0.29, 0.717) is 0 Å². The Morgan fingerprint density at radius 1 is 0.808 bits per heavy atom. The van der Waals surface area contributed by atoms with E-state index < -0.39 is 0 Å². The zero-order valence-electron chi connectivity index (χ0n) is 13.9. The first-order valence-electron chi connectivity index (χ1n) is 8.43. The van der Waals surface area contributed by atoms with Crippen LogP contribution in [0, 0.1) is 0 Å². The fourth-order valence-electron chi connectivity index (χ4n) is 3.17. The molecule has 0 amide bonds. The topological polar surface area (TPSA) is 41.6 Å². The number of H-pyrrole nitrogens is 1. The average Bonchev–Trinajstić information content (AvgIpc) is 3.34. The number of thiazole rings is 1. The van der Waals surface area contributed by atoms with E-state index in [1.165, 1.54) is 15.8 Å². The minimum Gasteiger partial charge on any atom is -0.360 e. The second-order valence-corrected chi connectivity index (χ2v) is 7.05. The van der Waals surface area contributed by atoms with E-state index in [1.54, 1.807) is 17.5 Å². The van der Waals surface area contributed by atoms with Gasteiger partial charge in [0.1, 0.15) is 5.01 Å². The summed E-state index contributed by atoms with van der Waals surface area (Å²) in [5.41, 5.74) is 5.49. The Morgan fingerprint density at radius 2 is 1.62 bits per heavy atom. The van der Waals surface area contributed by atoms with Gasteiger partial charge in [0.15, 0.2) is 0 Å². The molecule has 26 heavy (non-hydrogen) atoms.